The lowest BCUT2D eigenvalue weighted by molar-refractivity contribution is 0.537. The van der Waals surface area contributed by atoms with Crippen LogP contribution in [0.3, 0.4) is 0 Å². The van der Waals surface area contributed by atoms with Crippen molar-refractivity contribution in [2.24, 2.45) is 0 Å². The van der Waals surface area contributed by atoms with Crippen LogP contribution < -0.4 is 5.32 Å². The molecular formula is C13H19N5. The third-order valence-electron chi connectivity index (χ3n) is 2.90. The first-order valence-electron chi connectivity index (χ1n) is 6.11. The fourth-order valence-corrected chi connectivity index (χ4v) is 2.03. The minimum absolute atomic E-state index is 0.308. The molecule has 2 rings (SSSR count). The lowest BCUT2D eigenvalue weighted by Gasteiger charge is -2.14. The number of nitrogens with zero attached hydrogens (tertiary/aromatic N) is 4. The summed E-state index contributed by atoms with van der Waals surface area (Å²) >= 11 is 0. The van der Waals surface area contributed by atoms with Gasteiger partial charge in [-0.25, -0.2) is 9.97 Å². The number of nitrogens with one attached hydrogen (secondary N) is 1. The Hall–Kier alpha value is -1.91. The molecule has 2 aromatic heterocycles. The van der Waals surface area contributed by atoms with E-state index in [0.29, 0.717) is 6.04 Å². The minimum Gasteiger partial charge on any atom is -0.373 e. The van der Waals surface area contributed by atoms with Gasteiger partial charge in [-0.05, 0) is 33.8 Å². The van der Waals surface area contributed by atoms with E-state index in [1.165, 1.54) is 0 Å². The zero-order chi connectivity index (χ0) is 13.3. The van der Waals surface area contributed by atoms with E-state index in [9.17, 15) is 0 Å². The summed E-state index contributed by atoms with van der Waals surface area (Å²) in [5.41, 5.74) is 3.02. The quantitative estimate of drug-likeness (QED) is 0.903. The second-order valence-electron chi connectivity index (χ2n) is 4.60. The lowest BCUT2D eigenvalue weighted by atomic mass is 10.1. The smallest absolute Gasteiger partial charge is 0.133 e. The molecule has 5 nitrogen and oxygen atoms in total. The fourth-order valence-electron chi connectivity index (χ4n) is 2.03. The Morgan fingerprint density at radius 3 is 2.56 bits per heavy atom. The van der Waals surface area contributed by atoms with Crippen LogP contribution >= 0.6 is 0 Å². The van der Waals surface area contributed by atoms with E-state index in [0.717, 1.165) is 28.6 Å². The van der Waals surface area contributed by atoms with Crippen LogP contribution in [0.15, 0.2) is 12.3 Å². The Labute approximate surface area is 107 Å². The summed E-state index contributed by atoms with van der Waals surface area (Å²) in [5.74, 6) is 1.63. The van der Waals surface area contributed by atoms with Crippen molar-refractivity contribution in [3.63, 3.8) is 0 Å². The third-order valence-corrected chi connectivity index (χ3v) is 2.90. The molecular weight excluding hydrogens is 226 g/mol. The summed E-state index contributed by atoms with van der Waals surface area (Å²) in [4.78, 5) is 8.94. The number of aryl methyl sites for hydroxylation is 1. The van der Waals surface area contributed by atoms with Crippen LogP contribution in [0.4, 0.5) is 5.82 Å². The van der Waals surface area contributed by atoms with Gasteiger partial charge in [0.1, 0.15) is 11.6 Å². The molecule has 0 saturated carbocycles. The monoisotopic (exact) mass is 245 g/mol. The van der Waals surface area contributed by atoms with Gasteiger partial charge in [-0.15, -0.1) is 0 Å². The summed E-state index contributed by atoms with van der Waals surface area (Å²) in [6, 6.07) is 2.30. The highest BCUT2D eigenvalue weighted by atomic mass is 15.3. The number of hydrogen-bond donors (Lipinski definition) is 1. The van der Waals surface area contributed by atoms with E-state index in [2.05, 4.69) is 34.2 Å². The van der Waals surface area contributed by atoms with Gasteiger partial charge < -0.3 is 5.32 Å². The van der Waals surface area contributed by atoms with Crippen molar-refractivity contribution in [2.75, 3.05) is 12.4 Å². The van der Waals surface area contributed by atoms with E-state index in [1.54, 1.807) is 0 Å². The highest BCUT2D eigenvalue weighted by molar-refractivity contribution is 5.65. The second-order valence-corrected chi connectivity index (χ2v) is 4.60. The molecule has 0 atom stereocenters. The Balaban J connectivity index is 2.63. The Kier molecular flexibility index (Phi) is 3.32. The summed E-state index contributed by atoms with van der Waals surface area (Å²) in [5, 5.41) is 7.46. The molecule has 0 amide bonds. The number of hydrogen-bond acceptors (Lipinski definition) is 4. The molecule has 2 aromatic rings. The number of aromatic nitrogens is 4. The van der Waals surface area contributed by atoms with Gasteiger partial charge in [-0.2, -0.15) is 5.10 Å². The molecule has 0 aromatic carbocycles. The maximum atomic E-state index is 4.55. The first-order chi connectivity index (χ1) is 8.54. The van der Waals surface area contributed by atoms with Crippen LogP contribution in [0.5, 0.6) is 0 Å². The molecule has 96 valence electrons. The molecule has 5 heteroatoms. The molecule has 0 aliphatic heterocycles. The average Bonchev–Trinajstić information content (AvgIpc) is 2.80. The minimum atomic E-state index is 0.308. The second kappa shape index (κ2) is 4.76. The zero-order valence-electron chi connectivity index (χ0n) is 11.5. The molecule has 0 unspecified atom stereocenters. The van der Waals surface area contributed by atoms with Gasteiger partial charge in [-0.1, -0.05) is 0 Å². The summed E-state index contributed by atoms with van der Waals surface area (Å²) in [6.45, 7) is 8.15. The van der Waals surface area contributed by atoms with E-state index in [-0.39, 0.29) is 0 Å². The van der Waals surface area contributed by atoms with Crippen LogP contribution in [0.2, 0.25) is 0 Å². The first-order valence-corrected chi connectivity index (χ1v) is 6.11. The van der Waals surface area contributed by atoms with E-state index in [1.807, 2.05) is 37.8 Å². The Morgan fingerprint density at radius 1 is 1.22 bits per heavy atom. The van der Waals surface area contributed by atoms with Gasteiger partial charge in [0.05, 0.1) is 11.4 Å². The Morgan fingerprint density at radius 2 is 1.94 bits per heavy atom. The molecule has 0 aliphatic rings. The third kappa shape index (κ3) is 2.08. The molecule has 0 bridgehead atoms. The molecule has 0 spiro atoms. The normalized spacial score (nSPS) is 11.0. The summed E-state index contributed by atoms with van der Waals surface area (Å²) in [6.07, 6.45) is 1.81. The molecule has 0 radical (unpaired) electrons. The highest BCUT2D eigenvalue weighted by Gasteiger charge is 2.15. The molecule has 2 heterocycles. The predicted octanol–water partition coefficient (Wildman–Crippen LogP) is 2.58. The van der Waals surface area contributed by atoms with Gasteiger partial charge in [-0.3, -0.25) is 4.68 Å². The molecule has 1 N–H and O–H groups in total. The topological polar surface area (TPSA) is 55.6 Å². The maximum Gasteiger partial charge on any atom is 0.133 e. The first kappa shape index (κ1) is 12.5. The van der Waals surface area contributed by atoms with Crippen molar-refractivity contribution < 1.29 is 0 Å². The van der Waals surface area contributed by atoms with Crippen molar-refractivity contribution in [2.45, 2.75) is 33.7 Å². The van der Waals surface area contributed by atoms with Crippen LogP contribution in [-0.4, -0.2) is 26.8 Å². The van der Waals surface area contributed by atoms with Crippen molar-refractivity contribution in [1.29, 1.82) is 0 Å². The van der Waals surface area contributed by atoms with Gasteiger partial charge in [0.2, 0.25) is 0 Å². The molecule has 0 saturated heterocycles. The van der Waals surface area contributed by atoms with E-state index < -0.39 is 0 Å². The summed E-state index contributed by atoms with van der Waals surface area (Å²) in [7, 11) is 1.87. The van der Waals surface area contributed by atoms with Gasteiger partial charge >= 0.3 is 0 Å². The van der Waals surface area contributed by atoms with E-state index >= 15 is 0 Å². The number of anilines is 1. The fraction of sp³-hybridized carbons (Fsp3) is 0.462. The van der Waals surface area contributed by atoms with Crippen molar-refractivity contribution >= 4 is 5.82 Å². The maximum absolute atomic E-state index is 4.55. The van der Waals surface area contributed by atoms with Crippen molar-refractivity contribution in [3.05, 3.63) is 23.7 Å². The lowest BCUT2D eigenvalue weighted by Crippen LogP contribution is -2.08. The molecule has 0 aliphatic carbocycles. The van der Waals surface area contributed by atoms with Crippen LogP contribution in [-0.2, 0) is 0 Å². The molecule has 18 heavy (non-hydrogen) atoms. The average molecular weight is 245 g/mol. The molecule has 0 fully saturated rings. The number of rotatable bonds is 3. The Bertz CT molecular complexity index is 557. The standard InChI is InChI=1S/C13H19N5/c1-8(2)18-11(6-7-15-18)12-9(3)13(14-5)17-10(4)16-12/h6-8H,1-5H3,(H,14,16,17). The largest absolute Gasteiger partial charge is 0.373 e. The highest BCUT2D eigenvalue weighted by Crippen LogP contribution is 2.26. The van der Waals surface area contributed by atoms with Crippen LogP contribution in [0.1, 0.15) is 31.3 Å². The van der Waals surface area contributed by atoms with Crippen LogP contribution in [0, 0.1) is 13.8 Å². The van der Waals surface area contributed by atoms with E-state index in [4.69, 9.17) is 0 Å². The van der Waals surface area contributed by atoms with Crippen molar-refractivity contribution in [3.8, 4) is 11.4 Å². The van der Waals surface area contributed by atoms with Crippen molar-refractivity contribution in [1.82, 2.24) is 19.7 Å². The predicted molar refractivity (Wildman–Crippen MR) is 72.7 cm³/mol. The van der Waals surface area contributed by atoms with Gasteiger partial charge in [0, 0.05) is 24.8 Å². The SMILES string of the molecule is CNc1nc(C)nc(-c2ccnn2C(C)C)c1C. The summed E-state index contributed by atoms with van der Waals surface area (Å²) < 4.78 is 1.98. The zero-order valence-corrected chi connectivity index (χ0v) is 11.5. The van der Waals surface area contributed by atoms with Gasteiger partial charge in [0.15, 0.2) is 0 Å². The van der Waals surface area contributed by atoms with Gasteiger partial charge in [0.25, 0.3) is 0 Å². The van der Waals surface area contributed by atoms with Crippen LogP contribution in [0.25, 0.3) is 11.4 Å².